The molecule has 0 saturated heterocycles. The number of esters is 1. The van der Waals surface area contributed by atoms with Crippen molar-refractivity contribution >= 4 is 68.5 Å². The zero-order valence-electron chi connectivity index (χ0n) is 20.3. The van der Waals surface area contributed by atoms with Gasteiger partial charge in [0.05, 0.1) is 44.4 Å². The van der Waals surface area contributed by atoms with E-state index in [9.17, 15) is 25.0 Å². The topological polar surface area (TPSA) is 141 Å². The molecular formula is C26H18BrCl2N3O7. The summed E-state index contributed by atoms with van der Waals surface area (Å²) in [4.78, 5) is 35.8. The second kappa shape index (κ2) is 13.1. The van der Waals surface area contributed by atoms with Gasteiger partial charge in [-0.1, -0.05) is 23.2 Å². The van der Waals surface area contributed by atoms with Crippen LogP contribution in [0.3, 0.4) is 0 Å². The van der Waals surface area contributed by atoms with Crippen molar-refractivity contribution in [2.75, 3.05) is 19.0 Å². The van der Waals surface area contributed by atoms with Crippen LogP contribution in [0.2, 0.25) is 10.0 Å². The number of hydrogen-bond donors (Lipinski definition) is 1. The molecule has 0 spiro atoms. The number of nitrogens with one attached hydrogen (secondary N) is 1. The fourth-order valence-corrected chi connectivity index (χ4v) is 4.30. The van der Waals surface area contributed by atoms with Crippen LogP contribution in [0.5, 0.6) is 17.2 Å². The van der Waals surface area contributed by atoms with Crippen LogP contribution in [-0.4, -0.2) is 30.5 Å². The van der Waals surface area contributed by atoms with Crippen LogP contribution >= 0.6 is 39.1 Å². The number of nitro benzene ring substituents is 1. The minimum absolute atomic E-state index is 0.0907. The summed E-state index contributed by atoms with van der Waals surface area (Å²) < 4.78 is 16.6. The van der Waals surface area contributed by atoms with Gasteiger partial charge in [-0.2, -0.15) is 5.26 Å². The Bertz CT molecular complexity index is 1500. The van der Waals surface area contributed by atoms with Crippen molar-refractivity contribution < 1.29 is 28.7 Å². The molecule has 0 aromatic heterocycles. The quantitative estimate of drug-likeness (QED) is 0.0674. The van der Waals surface area contributed by atoms with Crippen LogP contribution in [0.15, 0.2) is 58.6 Å². The largest absolute Gasteiger partial charge is 0.497 e. The van der Waals surface area contributed by atoms with Gasteiger partial charge in [-0.25, -0.2) is 4.79 Å². The molecule has 0 heterocycles. The number of carbonyl (C=O) groups excluding carboxylic acids is 2. The zero-order chi connectivity index (χ0) is 28.7. The van der Waals surface area contributed by atoms with E-state index >= 15 is 0 Å². The Hall–Kier alpha value is -4.11. The molecule has 3 aromatic carbocycles. The van der Waals surface area contributed by atoms with Crippen LogP contribution in [0.1, 0.15) is 22.8 Å². The lowest BCUT2D eigenvalue weighted by molar-refractivity contribution is -0.384. The molecule has 0 unspecified atom stereocenters. The number of benzene rings is 3. The average molecular weight is 635 g/mol. The number of nitriles is 1. The number of anilines is 1. The van der Waals surface area contributed by atoms with Gasteiger partial charge >= 0.3 is 5.97 Å². The first kappa shape index (κ1) is 29.4. The van der Waals surface area contributed by atoms with E-state index in [0.717, 1.165) is 12.1 Å². The Morgan fingerprint density at radius 3 is 2.33 bits per heavy atom. The van der Waals surface area contributed by atoms with Crippen LogP contribution in [0.4, 0.5) is 11.4 Å². The Labute approximate surface area is 241 Å². The summed E-state index contributed by atoms with van der Waals surface area (Å²) in [6, 6.07) is 13.2. The summed E-state index contributed by atoms with van der Waals surface area (Å²) in [5.74, 6) is -0.647. The molecule has 0 fully saturated rings. The molecular weight excluding hydrogens is 617 g/mol. The van der Waals surface area contributed by atoms with Crippen LogP contribution < -0.4 is 19.5 Å². The molecule has 200 valence electrons. The highest BCUT2D eigenvalue weighted by molar-refractivity contribution is 9.10. The van der Waals surface area contributed by atoms with Crippen molar-refractivity contribution in [3.8, 4) is 23.3 Å². The molecule has 39 heavy (non-hydrogen) atoms. The standard InChI is InChI=1S/C26H18BrCl2N3O7/c1-3-38-22-10-14(9-19(27)24(22)39-26(34)15-4-6-18(37-2)7-5-15)8-16(13-30)25(33)31-23-20(28)11-17(32(35)36)12-21(23)29/h4-12H,3H2,1-2H3,(H,31,33)/b16-8+. The minimum Gasteiger partial charge on any atom is -0.497 e. The molecule has 1 amide bonds. The lowest BCUT2D eigenvalue weighted by Crippen LogP contribution is -2.14. The van der Waals surface area contributed by atoms with Gasteiger partial charge in [-0.15, -0.1) is 0 Å². The average Bonchev–Trinajstić information content (AvgIpc) is 2.91. The Kier molecular flexibility index (Phi) is 9.89. The van der Waals surface area contributed by atoms with Crippen LogP contribution in [0, 0.1) is 21.4 Å². The molecule has 0 aliphatic rings. The highest BCUT2D eigenvalue weighted by Gasteiger charge is 2.20. The first-order valence-electron chi connectivity index (χ1n) is 11.0. The number of rotatable bonds is 9. The molecule has 1 N–H and O–H groups in total. The fraction of sp³-hybridized carbons (Fsp3) is 0.115. The van der Waals surface area contributed by atoms with Gasteiger partial charge in [-0.3, -0.25) is 14.9 Å². The Morgan fingerprint density at radius 2 is 1.79 bits per heavy atom. The molecule has 10 nitrogen and oxygen atoms in total. The maximum absolute atomic E-state index is 12.8. The Morgan fingerprint density at radius 1 is 1.15 bits per heavy atom. The first-order valence-corrected chi connectivity index (χ1v) is 12.5. The monoisotopic (exact) mass is 633 g/mol. The number of carbonyl (C=O) groups is 2. The molecule has 13 heteroatoms. The van der Waals surface area contributed by atoms with Gasteiger partial charge < -0.3 is 19.5 Å². The van der Waals surface area contributed by atoms with E-state index in [4.69, 9.17) is 37.4 Å². The lowest BCUT2D eigenvalue weighted by Gasteiger charge is -2.14. The number of nitrogens with zero attached hydrogens (tertiary/aromatic N) is 2. The van der Waals surface area contributed by atoms with Crippen molar-refractivity contribution in [1.82, 2.24) is 0 Å². The second-order valence-electron chi connectivity index (χ2n) is 7.55. The van der Waals surface area contributed by atoms with E-state index in [-0.39, 0.29) is 50.7 Å². The molecule has 0 saturated carbocycles. The third-order valence-electron chi connectivity index (χ3n) is 5.00. The zero-order valence-corrected chi connectivity index (χ0v) is 23.4. The normalized spacial score (nSPS) is 10.8. The molecule has 0 radical (unpaired) electrons. The smallest absolute Gasteiger partial charge is 0.343 e. The lowest BCUT2D eigenvalue weighted by atomic mass is 10.1. The van der Waals surface area contributed by atoms with E-state index in [2.05, 4.69) is 21.2 Å². The summed E-state index contributed by atoms with van der Waals surface area (Å²) in [6.45, 7) is 1.97. The van der Waals surface area contributed by atoms with E-state index in [0.29, 0.717) is 15.8 Å². The third-order valence-corrected chi connectivity index (χ3v) is 6.19. The number of hydrogen-bond acceptors (Lipinski definition) is 8. The van der Waals surface area contributed by atoms with Gasteiger partial charge in [-0.05, 0) is 70.9 Å². The minimum atomic E-state index is -0.862. The van der Waals surface area contributed by atoms with Crippen molar-refractivity contribution in [2.24, 2.45) is 0 Å². The summed E-state index contributed by atoms with van der Waals surface area (Å²) in [5, 5.41) is 22.6. The van der Waals surface area contributed by atoms with Crippen LogP contribution in [-0.2, 0) is 4.79 Å². The number of ether oxygens (including phenoxy) is 3. The van der Waals surface area contributed by atoms with Gasteiger partial charge in [0.25, 0.3) is 11.6 Å². The van der Waals surface area contributed by atoms with Crippen molar-refractivity contribution in [2.45, 2.75) is 6.92 Å². The van der Waals surface area contributed by atoms with Gasteiger partial charge in [0.2, 0.25) is 0 Å². The third kappa shape index (κ3) is 7.26. The summed E-state index contributed by atoms with van der Waals surface area (Å²) in [6.07, 6.45) is 1.27. The molecule has 3 aromatic rings. The Balaban J connectivity index is 1.90. The number of amides is 1. The molecule has 0 atom stereocenters. The SMILES string of the molecule is CCOc1cc(/C=C(\C#N)C(=O)Nc2c(Cl)cc([N+](=O)[O-])cc2Cl)cc(Br)c1OC(=O)c1ccc(OC)cc1. The number of halogens is 3. The van der Waals surface area contributed by atoms with Crippen LogP contribution in [0.25, 0.3) is 6.08 Å². The summed E-state index contributed by atoms with van der Waals surface area (Å²) in [7, 11) is 1.51. The molecule has 0 bridgehead atoms. The predicted molar refractivity (Wildman–Crippen MR) is 149 cm³/mol. The fourth-order valence-electron chi connectivity index (χ4n) is 3.19. The summed E-state index contributed by atoms with van der Waals surface area (Å²) >= 11 is 15.5. The number of methoxy groups -OCH3 is 1. The van der Waals surface area contributed by atoms with E-state index in [1.54, 1.807) is 37.3 Å². The number of non-ortho nitro benzene ring substituents is 1. The van der Waals surface area contributed by atoms with E-state index in [1.807, 2.05) is 0 Å². The van der Waals surface area contributed by atoms with Gasteiger partial charge in [0.15, 0.2) is 11.5 Å². The van der Waals surface area contributed by atoms with Gasteiger partial charge in [0.1, 0.15) is 17.4 Å². The highest BCUT2D eigenvalue weighted by Crippen LogP contribution is 2.39. The maximum atomic E-state index is 12.8. The van der Waals surface area contributed by atoms with Crippen molar-refractivity contribution in [1.29, 1.82) is 5.26 Å². The van der Waals surface area contributed by atoms with E-state index < -0.39 is 16.8 Å². The first-order chi connectivity index (χ1) is 18.6. The molecule has 0 aliphatic heterocycles. The van der Waals surface area contributed by atoms with E-state index in [1.165, 1.54) is 25.3 Å². The van der Waals surface area contributed by atoms with Gasteiger partial charge in [0, 0.05) is 12.1 Å². The molecule has 3 rings (SSSR count). The predicted octanol–water partition coefficient (Wildman–Crippen LogP) is 6.84. The number of nitro groups is 1. The molecule has 0 aliphatic carbocycles. The van der Waals surface area contributed by atoms with Crippen molar-refractivity contribution in [3.05, 3.63) is 89.9 Å². The highest BCUT2D eigenvalue weighted by atomic mass is 79.9. The maximum Gasteiger partial charge on any atom is 0.343 e. The second-order valence-corrected chi connectivity index (χ2v) is 9.22. The summed E-state index contributed by atoms with van der Waals surface area (Å²) in [5.41, 5.74) is -0.145. The van der Waals surface area contributed by atoms with Crippen molar-refractivity contribution in [3.63, 3.8) is 0 Å².